The molecular formula is C18H26N2O3. The second kappa shape index (κ2) is 6.77. The van der Waals surface area contributed by atoms with Gasteiger partial charge in [-0.1, -0.05) is 6.92 Å². The van der Waals surface area contributed by atoms with Crippen LogP contribution in [-0.2, 0) is 4.79 Å². The molecule has 1 aliphatic heterocycles. The van der Waals surface area contributed by atoms with Crippen LogP contribution in [0.2, 0.25) is 0 Å². The molecule has 0 atom stereocenters. The average Bonchev–Trinajstić information content (AvgIpc) is 3.28. The Morgan fingerprint density at radius 2 is 1.96 bits per heavy atom. The average molecular weight is 318 g/mol. The molecule has 3 rings (SSSR count). The smallest absolute Gasteiger partial charge is 0.257 e. The van der Waals surface area contributed by atoms with Gasteiger partial charge in [0.05, 0.1) is 11.8 Å². The second-order valence-corrected chi connectivity index (χ2v) is 6.93. The maximum absolute atomic E-state index is 12.7. The molecule has 2 fully saturated rings. The van der Waals surface area contributed by atoms with E-state index in [1.807, 2.05) is 9.80 Å². The van der Waals surface area contributed by atoms with Crippen molar-refractivity contribution in [2.75, 3.05) is 19.6 Å². The topological polar surface area (TPSA) is 53.8 Å². The zero-order chi connectivity index (χ0) is 16.4. The minimum atomic E-state index is -0.00110. The van der Waals surface area contributed by atoms with Crippen LogP contribution in [0.5, 0.6) is 0 Å². The first-order valence-electron chi connectivity index (χ1n) is 8.69. The number of carbonyl (C=O) groups excluding carboxylic acids is 2. The van der Waals surface area contributed by atoms with Gasteiger partial charge in [0.25, 0.3) is 5.91 Å². The summed E-state index contributed by atoms with van der Waals surface area (Å²) in [6, 6.07) is 2.02. The van der Waals surface area contributed by atoms with Crippen molar-refractivity contribution in [3.63, 3.8) is 0 Å². The molecule has 126 valence electrons. The molecule has 1 aliphatic carbocycles. The summed E-state index contributed by atoms with van der Waals surface area (Å²) in [4.78, 5) is 28.9. The number of carbonyl (C=O) groups is 2. The number of hydrogen-bond acceptors (Lipinski definition) is 3. The lowest BCUT2D eigenvalue weighted by atomic mass is 9.99. The van der Waals surface area contributed by atoms with Crippen LogP contribution in [0.25, 0.3) is 0 Å². The van der Waals surface area contributed by atoms with Crippen LogP contribution in [0.3, 0.4) is 0 Å². The minimum Gasteiger partial charge on any atom is -0.469 e. The van der Waals surface area contributed by atoms with Gasteiger partial charge in [-0.25, -0.2) is 0 Å². The molecule has 5 nitrogen and oxygen atoms in total. The predicted octanol–water partition coefficient (Wildman–Crippen LogP) is 2.84. The Morgan fingerprint density at radius 1 is 1.26 bits per heavy atom. The van der Waals surface area contributed by atoms with Crippen molar-refractivity contribution in [1.82, 2.24) is 9.80 Å². The van der Waals surface area contributed by atoms with E-state index < -0.39 is 0 Å². The number of aryl methyl sites for hydroxylation is 1. The molecule has 5 heteroatoms. The quantitative estimate of drug-likeness (QED) is 0.839. The molecular weight excluding hydrogens is 292 g/mol. The summed E-state index contributed by atoms with van der Waals surface area (Å²) >= 11 is 0. The molecule has 1 saturated heterocycles. The fourth-order valence-corrected chi connectivity index (χ4v) is 3.23. The molecule has 2 aliphatic rings. The van der Waals surface area contributed by atoms with E-state index in [-0.39, 0.29) is 11.8 Å². The third-order valence-corrected chi connectivity index (χ3v) is 5.04. The van der Waals surface area contributed by atoms with Gasteiger partial charge in [-0.05, 0) is 44.6 Å². The number of amides is 2. The Hall–Kier alpha value is -1.78. The van der Waals surface area contributed by atoms with Crippen molar-refractivity contribution < 1.29 is 14.0 Å². The van der Waals surface area contributed by atoms with E-state index in [1.165, 1.54) is 0 Å². The lowest BCUT2D eigenvalue weighted by Gasteiger charge is -2.31. The van der Waals surface area contributed by atoms with Crippen LogP contribution in [0.15, 0.2) is 16.7 Å². The predicted molar refractivity (Wildman–Crippen MR) is 87.1 cm³/mol. The standard InChI is InChI=1S/C18H26N2O3/c1-13-5-9-19(10-6-13)17(21)7-11-20(15-3-4-15)18(22)16-8-12-23-14(16)2/h8,12-13,15H,3-7,9-11H2,1-2H3. The molecule has 23 heavy (non-hydrogen) atoms. The van der Waals surface area contributed by atoms with Crippen molar-refractivity contribution in [2.24, 2.45) is 5.92 Å². The summed E-state index contributed by atoms with van der Waals surface area (Å²) in [5, 5.41) is 0. The Balaban J connectivity index is 1.57. The second-order valence-electron chi connectivity index (χ2n) is 6.93. The van der Waals surface area contributed by atoms with Gasteiger partial charge in [0.1, 0.15) is 5.76 Å². The summed E-state index contributed by atoms with van der Waals surface area (Å²) in [6.45, 7) is 6.27. The molecule has 1 aromatic heterocycles. The normalized spacial score (nSPS) is 19.0. The third-order valence-electron chi connectivity index (χ3n) is 5.04. The fourth-order valence-electron chi connectivity index (χ4n) is 3.23. The Bertz CT molecular complexity index is 569. The van der Waals surface area contributed by atoms with Gasteiger partial charge in [0, 0.05) is 32.1 Å². The highest BCUT2D eigenvalue weighted by atomic mass is 16.3. The number of furan rings is 1. The fraction of sp³-hybridized carbons (Fsp3) is 0.667. The zero-order valence-corrected chi connectivity index (χ0v) is 14.1. The highest BCUT2D eigenvalue weighted by Gasteiger charge is 2.34. The highest BCUT2D eigenvalue weighted by Crippen LogP contribution is 2.29. The Morgan fingerprint density at radius 3 is 2.52 bits per heavy atom. The van der Waals surface area contributed by atoms with Gasteiger partial charge in [0.15, 0.2) is 0 Å². The number of piperidine rings is 1. The third kappa shape index (κ3) is 3.77. The first-order valence-corrected chi connectivity index (χ1v) is 8.69. The SMILES string of the molecule is Cc1occc1C(=O)N(CCC(=O)N1CCC(C)CC1)C1CC1. The highest BCUT2D eigenvalue weighted by molar-refractivity contribution is 5.95. The van der Waals surface area contributed by atoms with E-state index in [0.717, 1.165) is 38.8 Å². The van der Waals surface area contributed by atoms with Crippen LogP contribution in [0, 0.1) is 12.8 Å². The maximum Gasteiger partial charge on any atom is 0.257 e. The number of hydrogen-bond donors (Lipinski definition) is 0. The first-order chi connectivity index (χ1) is 11.1. The molecule has 0 spiro atoms. The van der Waals surface area contributed by atoms with Gasteiger partial charge in [0.2, 0.25) is 5.91 Å². The molecule has 0 aromatic carbocycles. The lowest BCUT2D eigenvalue weighted by Crippen LogP contribution is -2.41. The molecule has 2 amide bonds. The number of rotatable bonds is 5. The van der Waals surface area contributed by atoms with E-state index in [2.05, 4.69) is 6.92 Å². The van der Waals surface area contributed by atoms with E-state index >= 15 is 0 Å². The molecule has 2 heterocycles. The first kappa shape index (κ1) is 16.1. The summed E-state index contributed by atoms with van der Waals surface area (Å²) in [6.07, 6.45) is 6.23. The van der Waals surface area contributed by atoms with Crippen LogP contribution in [-0.4, -0.2) is 47.3 Å². The van der Waals surface area contributed by atoms with Gasteiger partial charge >= 0.3 is 0 Å². The van der Waals surface area contributed by atoms with Crippen molar-refractivity contribution >= 4 is 11.8 Å². The summed E-state index contributed by atoms with van der Waals surface area (Å²) < 4.78 is 5.24. The molecule has 0 unspecified atom stereocenters. The monoisotopic (exact) mass is 318 g/mol. The van der Waals surface area contributed by atoms with Crippen LogP contribution in [0.4, 0.5) is 0 Å². The Kier molecular flexibility index (Phi) is 4.74. The lowest BCUT2D eigenvalue weighted by molar-refractivity contribution is -0.132. The summed E-state index contributed by atoms with van der Waals surface area (Å²) in [7, 11) is 0. The number of nitrogens with zero attached hydrogens (tertiary/aromatic N) is 2. The molecule has 0 bridgehead atoms. The van der Waals surface area contributed by atoms with Crippen LogP contribution in [0.1, 0.15) is 55.1 Å². The van der Waals surface area contributed by atoms with Crippen molar-refractivity contribution in [3.05, 3.63) is 23.7 Å². The molecule has 0 radical (unpaired) electrons. The molecule has 0 N–H and O–H groups in total. The zero-order valence-electron chi connectivity index (χ0n) is 14.1. The van der Waals surface area contributed by atoms with Gasteiger partial charge in [-0.2, -0.15) is 0 Å². The van der Waals surface area contributed by atoms with E-state index in [1.54, 1.807) is 19.3 Å². The van der Waals surface area contributed by atoms with E-state index in [0.29, 0.717) is 36.2 Å². The van der Waals surface area contributed by atoms with Gasteiger partial charge in [-0.3, -0.25) is 9.59 Å². The van der Waals surface area contributed by atoms with E-state index in [4.69, 9.17) is 4.42 Å². The van der Waals surface area contributed by atoms with Crippen LogP contribution >= 0.6 is 0 Å². The maximum atomic E-state index is 12.7. The van der Waals surface area contributed by atoms with Crippen LogP contribution < -0.4 is 0 Å². The van der Waals surface area contributed by atoms with Gasteiger partial charge in [-0.15, -0.1) is 0 Å². The largest absolute Gasteiger partial charge is 0.469 e. The Labute approximate surface area is 137 Å². The number of likely N-dealkylation sites (tertiary alicyclic amines) is 1. The minimum absolute atomic E-state index is 0.00110. The van der Waals surface area contributed by atoms with E-state index in [9.17, 15) is 9.59 Å². The molecule has 1 aromatic rings. The summed E-state index contributed by atoms with van der Waals surface area (Å²) in [5.41, 5.74) is 0.621. The van der Waals surface area contributed by atoms with Crippen molar-refractivity contribution in [1.29, 1.82) is 0 Å². The molecule has 1 saturated carbocycles. The van der Waals surface area contributed by atoms with Crippen molar-refractivity contribution in [3.8, 4) is 0 Å². The summed E-state index contributed by atoms with van der Waals surface area (Å²) in [5.74, 6) is 1.54. The van der Waals surface area contributed by atoms with Crippen molar-refractivity contribution in [2.45, 2.75) is 52.0 Å². The van der Waals surface area contributed by atoms with Gasteiger partial charge < -0.3 is 14.2 Å².